The van der Waals surface area contributed by atoms with Crippen LogP contribution in [0.4, 0.5) is 5.69 Å². The van der Waals surface area contributed by atoms with Crippen molar-refractivity contribution in [3.05, 3.63) is 71.9 Å². The molecule has 0 bridgehead atoms. The molecule has 0 aromatic heterocycles. The van der Waals surface area contributed by atoms with Crippen LogP contribution in [0, 0.1) is 0 Å². The molecule has 7 nitrogen and oxygen atoms in total. The molecule has 3 N–H and O–H groups in total. The van der Waals surface area contributed by atoms with E-state index in [0.29, 0.717) is 5.69 Å². The van der Waals surface area contributed by atoms with Crippen LogP contribution in [0.1, 0.15) is 31.1 Å². The van der Waals surface area contributed by atoms with Crippen LogP contribution in [0.15, 0.2) is 66.4 Å². The third-order valence-electron chi connectivity index (χ3n) is 4.52. The number of amides is 2. The largest absolute Gasteiger partial charge is 0.507 e. The Morgan fingerprint density at radius 3 is 2.33 bits per heavy atom. The monoisotopic (exact) mass is 407 g/mol. The van der Waals surface area contributed by atoms with Crippen LogP contribution in [0.2, 0.25) is 0 Å². The summed E-state index contributed by atoms with van der Waals surface area (Å²) in [5.41, 5.74) is 0.0382. The quantitative estimate of drug-likeness (QED) is 0.676. The summed E-state index contributed by atoms with van der Waals surface area (Å²) in [7, 11) is 0. The zero-order valence-electron chi connectivity index (χ0n) is 17.2. The third kappa shape index (κ3) is 4.51. The molecule has 1 aliphatic heterocycles. The predicted octanol–water partition coefficient (Wildman–Crippen LogP) is 2.38. The predicted molar refractivity (Wildman–Crippen MR) is 114 cm³/mol. The van der Waals surface area contributed by atoms with Gasteiger partial charge in [-0.25, -0.2) is 0 Å². The number of hydrogen-bond acceptors (Lipinski definition) is 5. The molecule has 0 saturated heterocycles. The summed E-state index contributed by atoms with van der Waals surface area (Å²) in [6.45, 7) is 5.39. The molecule has 0 fully saturated rings. The van der Waals surface area contributed by atoms with Crippen LogP contribution in [0.5, 0.6) is 5.75 Å². The normalized spacial score (nSPS) is 16.9. The second-order valence-electron chi connectivity index (χ2n) is 8.07. The third-order valence-corrected chi connectivity index (χ3v) is 4.52. The van der Waals surface area contributed by atoms with E-state index in [2.05, 4.69) is 10.6 Å². The lowest BCUT2D eigenvalue weighted by atomic mass is 9.94. The van der Waals surface area contributed by atoms with Crippen molar-refractivity contribution in [3.8, 4) is 5.75 Å². The first-order valence-electron chi connectivity index (χ1n) is 9.64. The van der Waals surface area contributed by atoms with Gasteiger partial charge in [-0.15, -0.1) is 0 Å². The number of para-hydroxylation sites is 2. The molecule has 30 heavy (non-hydrogen) atoms. The Kier molecular flexibility index (Phi) is 5.91. The molecule has 3 rings (SSSR count). The summed E-state index contributed by atoms with van der Waals surface area (Å²) in [4.78, 5) is 41.0. The average molecular weight is 407 g/mol. The number of ketones is 1. The standard InChI is InChI=1S/C23H25N3O4/c1-23(2,3)25-22(30)20-17(21(29)16-11-7-8-12-18(16)27)13-24-14-19(28)26(20)15-9-5-4-6-10-15/h4-13,20,24,27H,14H2,1-3H3,(H,25,30). The Morgan fingerprint density at radius 1 is 1.07 bits per heavy atom. The molecule has 1 atom stereocenters. The second kappa shape index (κ2) is 8.41. The van der Waals surface area contributed by atoms with Gasteiger partial charge in [0.15, 0.2) is 5.78 Å². The molecule has 0 aliphatic carbocycles. The summed E-state index contributed by atoms with van der Waals surface area (Å²) in [6.07, 6.45) is 1.39. The minimum Gasteiger partial charge on any atom is -0.507 e. The van der Waals surface area contributed by atoms with Gasteiger partial charge in [-0.3, -0.25) is 19.3 Å². The van der Waals surface area contributed by atoms with E-state index < -0.39 is 23.3 Å². The number of carbonyl (C=O) groups excluding carboxylic acids is 3. The molecule has 1 unspecified atom stereocenters. The molecule has 0 saturated carbocycles. The van der Waals surface area contributed by atoms with Crippen molar-refractivity contribution in [3.63, 3.8) is 0 Å². The zero-order valence-corrected chi connectivity index (χ0v) is 17.2. The smallest absolute Gasteiger partial charge is 0.248 e. The van der Waals surface area contributed by atoms with Crippen LogP contribution in [0.3, 0.4) is 0 Å². The van der Waals surface area contributed by atoms with Crippen LogP contribution in [0.25, 0.3) is 0 Å². The van der Waals surface area contributed by atoms with E-state index in [1.807, 2.05) is 20.8 Å². The van der Waals surface area contributed by atoms with Crippen molar-refractivity contribution < 1.29 is 19.5 Å². The minimum absolute atomic E-state index is 0.0569. The van der Waals surface area contributed by atoms with E-state index in [1.54, 1.807) is 42.5 Å². The number of hydrogen-bond donors (Lipinski definition) is 3. The van der Waals surface area contributed by atoms with Crippen LogP contribution < -0.4 is 15.5 Å². The van der Waals surface area contributed by atoms with Gasteiger partial charge < -0.3 is 15.7 Å². The number of phenols is 1. The topological polar surface area (TPSA) is 98.7 Å². The molecule has 7 heteroatoms. The van der Waals surface area contributed by atoms with Crippen molar-refractivity contribution in [2.45, 2.75) is 32.4 Å². The van der Waals surface area contributed by atoms with E-state index in [9.17, 15) is 19.5 Å². The number of benzene rings is 2. The lowest BCUT2D eigenvalue weighted by molar-refractivity contribution is -0.126. The maximum absolute atomic E-state index is 13.4. The van der Waals surface area contributed by atoms with Gasteiger partial charge >= 0.3 is 0 Å². The number of carbonyl (C=O) groups is 3. The van der Waals surface area contributed by atoms with Crippen molar-refractivity contribution >= 4 is 23.3 Å². The summed E-state index contributed by atoms with van der Waals surface area (Å²) in [5.74, 6) is -1.57. The van der Waals surface area contributed by atoms with Gasteiger partial charge in [-0.1, -0.05) is 30.3 Å². The molecule has 2 amide bonds. The molecular weight excluding hydrogens is 382 g/mol. The molecule has 2 aromatic carbocycles. The number of nitrogens with one attached hydrogen (secondary N) is 2. The number of nitrogens with zero attached hydrogens (tertiary/aromatic N) is 1. The van der Waals surface area contributed by atoms with Gasteiger partial charge in [0.05, 0.1) is 12.1 Å². The van der Waals surface area contributed by atoms with Crippen LogP contribution in [-0.4, -0.2) is 40.8 Å². The van der Waals surface area contributed by atoms with Crippen LogP contribution in [-0.2, 0) is 9.59 Å². The Hall–Kier alpha value is -3.61. The number of rotatable bonds is 4. The van der Waals surface area contributed by atoms with Gasteiger partial charge in [0, 0.05) is 23.0 Å². The summed E-state index contributed by atoms with van der Waals surface area (Å²) in [6, 6.07) is 13.7. The highest BCUT2D eigenvalue weighted by Gasteiger charge is 2.40. The Labute approximate surface area is 175 Å². The Balaban J connectivity index is 2.14. The maximum Gasteiger partial charge on any atom is 0.248 e. The summed E-state index contributed by atoms with van der Waals surface area (Å²) >= 11 is 0. The van der Waals surface area contributed by atoms with Gasteiger partial charge in [0.25, 0.3) is 0 Å². The number of anilines is 1. The number of phenolic OH excluding ortho intramolecular Hbond substituents is 1. The number of Topliss-reactive ketones (excluding diaryl/α,β-unsaturated/α-hetero) is 1. The Morgan fingerprint density at radius 2 is 1.70 bits per heavy atom. The lowest BCUT2D eigenvalue weighted by Crippen LogP contribution is -2.55. The fraction of sp³-hybridized carbons (Fsp3) is 0.261. The van der Waals surface area contributed by atoms with Crippen molar-refractivity contribution in [1.82, 2.24) is 10.6 Å². The molecule has 1 heterocycles. The highest BCUT2D eigenvalue weighted by Crippen LogP contribution is 2.28. The first-order chi connectivity index (χ1) is 14.2. The van der Waals surface area contributed by atoms with Gasteiger partial charge in [-0.2, -0.15) is 0 Å². The van der Waals surface area contributed by atoms with Gasteiger partial charge in [0.1, 0.15) is 11.8 Å². The second-order valence-corrected chi connectivity index (χ2v) is 8.07. The molecule has 0 spiro atoms. The van der Waals surface area contributed by atoms with Gasteiger partial charge in [0.2, 0.25) is 11.8 Å². The molecule has 2 aromatic rings. The highest BCUT2D eigenvalue weighted by molar-refractivity contribution is 6.17. The van der Waals surface area contributed by atoms with Crippen molar-refractivity contribution in [2.75, 3.05) is 11.4 Å². The first-order valence-corrected chi connectivity index (χ1v) is 9.64. The van der Waals surface area contributed by atoms with Gasteiger partial charge in [-0.05, 0) is 45.0 Å². The molecular formula is C23H25N3O4. The first kappa shape index (κ1) is 21.1. The highest BCUT2D eigenvalue weighted by atomic mass is 16.3. The van der Waals surface area contributed by atoms with Crippen LogP contribution >= 0.6 is 0 Å². The van der Waals surface area contributed by atoms with E-state index in [4.69, 9.17) is 0 Å². The SMILES string of the molecule is CC(C)(C)NC(=O)C1C(C(=O)c2ccccc2O)=CNCC(=O)N1c1ccccc1. The number of aromatic hydroxyl groups is 1. The average Bonchev–Trinajstić information content (AvgIpc) is 2.86. The summed E-state index contributed by atoms with van der Waals surface area (Å²) < 4.78 is 0. The molecule has 156 valence electrons. The maximum atomic E-state index is 13.4. The van der Waals surface area contributed by atoms with Crippen molar-refractivity contribution in [2.24, 2.45) is 0 Å². The fourth-order valence-corrected chi connectivity index (χ4v) is 3.28. The Bertz CT molecular complexity index is 993. The lowest BCUT2D eigenvalue weighted by Gasteiger charge is -2.33. The minimum atomic E-state index is -1.21. The van der Waals surface area contributed by atoms with E-state index in [-0.39, 0.29) is 29.3 Å². The molecule has 0 radical (unpaired) electrons. The van der Waals surface area contributed by atoms with E-state index in [0.717, 1.165) is 0 Å². The zero-order chi connectivity index (χ0) is 21.9. The summed E-state index contributed by atoms with van der Waals surface area (Å²) in [5, 5.41) is 15.9. The van der Waals surface area contributed by atoms with Crippen molar-refractivity contribution in [1.29, 1.82) is 0 Å². The molecule has 1 aliphatic rings. The van der Waals surface area contributed by atoms with E-state index in [1.165, 1.54) is 23.2 Å². The van der Waals surface area contributed by atoms with E-state index >= 15 is 0 Å². The fourth-order valence-electron chi connectivity index (χ4n) is 3.28.